The maximum Gasteiger partial charge on any atom is 0.441 e. The number of nitrogens with zero attached hydrogens (tertiary/aromatic N) is 4. The molecule has 5 nitrogen and oxygen atoms in total. The van der Waals surface area contributed by atoms with E-state index in [4.69, 9.17) is 5.73 Å². The van der Waals surface area contributed by atoms with E-state index >= 15 is 0 Å². The Bertz CT molecular complexity index is 523. The monoisotopic (exact) mass is 263 g/mol. The van der Waals surface area contributed by atoms with Gasteiger partial charge in [-0.25, -0.2) is 15.0 Å². The lowest BCUT2D eigenvalue weighted by atomic mass is 10.5. The lowest BCUT2D eigenvalue weighted by Crippen LogP contribution is -2.06. The smallest absolute Gasteiger partial charge is 0.382 e. The van der Waals surface area contributed by atoms with Gasteiger partial charge in [-0.05, 0) is 11.8 Å². The molecule has 0 radical (unpaired) electrons. The maximum atomic E-state index is 12.0. The number of aromatic nitrogens is 4. The first-order valence-corrected chi connectivity index (χ1v) is 5.58. The van der Waals surface area contributed by atoms with E-state index in [1.165, 1.54) is 17.2 Å². The van der Waals surface area contributed by atoms with Crippen LogP contribution in [0.3, 0.4) is 0 Å². The molecule has 2 heterocycles. The zero-order valence-electron chi connectivity index (χ0n) is 8.48. The summed E-state index contributed by atoms with van der Waals surface area (Å²) in [6.07, 6.45) is 2.67. The molecule has 0 bridgehead atoms. The first-order chi connectivity index (χ1) is 7.97. The van der Waals surface area contributed by atoms with Crippen molar-refractivity contribution in [2.75, 3.05) is 11.5 Å². The van der Waals surface area contributed by atoms with E-state index in [2.05, 4.69) is 15.0 Å². The largest absolute Gasteiger partial charge is 0.441 e. The fourth-order valence-electron chi connectivity index (χ4n) is 1.32. The van der Waals surface area contributed by atoms with Gasteiger partial charge in [0.05, 0.1) is 6.33 Å². The zero-order chi connectivity index (χ0) is 12.5. The van der Waals surface area contributed by atoms with E-state index < -0.39 is 5.51 Å². The Morgan fingerprint density at radius 3 is 2.76 bits per heavy atom. The summed E-state index contributed by atoms with van der Waals surface area (Å²) in [6.45, 7) is 0.164. The van der Waals surface area contributed by atoms with E-state index in [1.54, 1.807) is 0 Å². The Balaban J connectivity index is 2.12. The molecule has 2 aromatic rings. The third kappa shape index (κ3) is 2.78. The molecule has 0 aliphatic heterocycles. The van der Waals surface area contributed by atoms with Crippen molar-refractivity contribution >= 4 is 28.7 Å². The second-order valence-corrected chi connectivity index (χ2v) is 4.32. The van der Waals surface area contributed by atoms with Crippen LogP contribution in [-0.4, -0.2) is 30.8 Å². The Hall–Kier alpha value is -1.51. The number of alkyl halides is 3. The number of anilines is 1. The Morgan fingerprint density at radius 2 is 2.06 bits per heavy atom. The minimum Gasteiger partial charge on any atom is -0.382 e. The summed E-state index contributed by atoms with van der Waals surface area (Å²) in [5, 5.41) is 0. The third-order valence-electron chi connectivity index (χ3n) is 2.03. The highest BCUT2D eigenvalue weighted by Crippen LogP contribution is 2.30. The highest BCUT2D eigenvalue weighted by atomic mass is 32.2. The van der Waals surface area contributed by atoms with Crippen LogP contribution in [0, 0.1) is 0 Å². The molecule has 9 heteroatoms. The van der Waals surface area contributed by atoms with Crippen molar-refractivity contribution in [3.05, 3.63) is 12.7 Å². The Morgan fingerprint density at radius 1 is 1.29 bits per heavy atom. The fourth-order valence-corrected chi connectivity index (χ4v) is 1.84. The van der Waals surface area contributed by atoms with Crippen LogP contribution in [-0.2, 0) is 6.54 Å². The fraction of sp³-hybridized carbons (Fsp3) is 0.375. The molecule has 92 valence electrons. The van der Waals surface area contributed by atoms with Crippen molar-refractivity contribution < 1.29 is 13.2 Å². The summed E-state index contributed by atoms with van der Waals surface area (Å²) in [7, 11) is 0. The summed E-state index contributed by atoms with van der Waals surface area (Å²) in [5.74, 6) is 0.121. The number of halogens is 3. The molecule has 2 rings (SSSR count). The molecule has 0 saturated heterocycles. The summed E-state index contributed by atoms with van der Waals surface area (Å²) in [4.78, 5) is 11.6. The van der Waals surface area contributed by atoms with Gasteiger partial charge in [0.25, 0.3) is 0 Å². The van der Waals surface area contributed by atoms with Crippen molar-refractivity contribution in [2.24, 2.45) is 0 Å². The van der Waals surface area contributed by atoms with Gasteiger partial charge in [-0.1, -0.05) is 0 Å². The summed E-state index contributed by atoms with van der Waals surface area (Å²) in [6, 6.07) is 0. The van der Waals surface area contributed by atoms with Crippen molar-refractivity contribution in [3.8, 4) is 0 Å². The zero-order valence-corrected chi connectivity index (χ0v) is 9.29. The van der Waals surface area contributed by atoms with Crippen LogP contribution in [0.2, 0.25) is 0 Å². The second-order valence-electron chi connectivity index (χ2n) is 3.16. The molecule has 17 heavy (non-hydrogen) atoms. The molecule has 0 unspecified atom stereocenters. The molecule has 0 aliphatic carbocycles. The number of thioether (sulfide) groups is 1. The van der Waals surface area contributed by atoms with E-state index in [9.17, 15) is 13.2 Å². The molecule has 0 aliphatic rings. The van der Waals surface area contributed by atoms with Crippen LogP contribution in [0.15, 0.2) is 12.7 Å². The molecule has 0 spiro atoms. The number of nitrogen functional groups attached to an aromatic ring is 1. The van der Waals surface area contributed by atoms with Crippen LogP contribution in [0.25, 0.3) is 11.2 Å². The van der Waals surface area contributed by atoms with Gasteiger partial charge in [0.15, 0.2) is 11.5 Å². The standard InChI is InChI=1S/C8H8F3N5S/c9-8(10,11)17-2-1-16-4-15-5-6(12)13-3-14-7(5)16/h3-4H,1-2H2,(H2,12,13,14). The van der Waals surface area contributed by atoms with E-state index in [0.717, 1.165) is 0 Å². The number of rotatable bonds is 3. The highest BCUT2D eigenvalue weighted by Gasteiger charge is 2.27. The molecule has 2 N–H and O–H groups in total. The minimum absolute atomic E-state index is 0.0787. The second kappa shape index (κ2) is 4.40. The lowest BCUT2D eigenvalue weighted by molar-refractivity contribution is -0.0328. The van der Waals surface area contributed by atoms with Crippen LogP contribution in [0.1, 0.15) is 0 Å². The Labute approximate surface area is 98.2 Å². The van der Waals surface area contributed by atoms with Gasteiger partial charge in [0.1, 0.15) is 11.8 Å². The molecule has 2 aromatic heterocycles. The van der Waals surface area contributed by atoms with Crippen LogP contribution < -0.4 is 5.73 Å². The van der Waals surface area contributed by atoms with Crippen LogP contribution in [0.5, 0.6) is 0 Å². The van der Waals surface area contributed by atoms with Gasteiger partial charge in [-0.15, -0.1) is 0 Å². The van der Waals surface area contributed by atoms with Gasteiger partial charge < -0.3 is 10.3 Å². The average molecular weight is 263 g/mol. The molecule has 0 aromatic carbocycles. The van der Waals surface area contributed by atoms with E-state index in [0.29, 0.717) is 11.2 Å². The van der Waals surface area contributed by atoms with E-state index in [-0.39, 0.29) is 29.9 Å². The first-order valence-electron chi connectivity index (χ1n) is 4.59. The summed E-state index contributed by atoms with van der Waals surface area (Å²) >= 11 is -0.0787. The summed E-state index contributed by atoms with van der Waals surface area (Å²) < 4.78 is 37.4. The van der Waals surface area contributed by atoms with Crippen molar-refractivity contribution in [1.82, 2.24) is 19.5 Å². The predicted octanol–water partition coefficient (Wildman–Crippen LogP) is 1.66. The lowest BCUT2D eigenvalue weighted by Gasteiger charge is -2.06. The number of hydrogen-bond donors (Lipinski definition) is 1. The number of hydrogen-bond acceptors (Lipinski definition) is 5. The third-order valence-corrected chi connectivity index (χ3v) is 2.74. The van der Waals surface area contributed by atoms with Gasteiger partial charge in [-0.3, -0.25) is 0 Å². The van der Waals surface area contributed by atoms with Crippen molar-refractivity contribution in [2.45, 2.75) is 12.1 Å². The van der Waals surface area contributed by atoms with E-state index in [1.807, 2.05) is 0 Å². The Kier molecular flexibility index (Phi) is 3.09. The molecule has 0 atom stereocenters. The molecule has 0 amide bonds. The SMILES string of the molecule is Nc1ncnc2c1ncn2CCSC(F)(F)F. The molecule has 0 fully saturated rings. The summed E-state index contributed by atoms with van der Waals surface area (Å²) in [5.41, 5.74) is 2.19. The van der Waals surface area contributed by atoms with Crippen LogP contribution >= 0.6 is 11.8 Å². The van der Waals surface area contributed by atoms with Gasteiger partial charge in [-0.2, -0.15) is 13.2 Å². The van der Waals surface area contributed by atoms with Gasteiger partial charge in [0, 0.05) is 12.3 Å². The van der Waals surface area contributed by atoms with Crippen molar-refractivity contribution in [3.63, 3.8) is 0 Å². The maximum absolute atomic E-state index is 12.0. The topological polar surface area (TPSA) is 69.6 Å². The first kappa shape index (κ1) is 12.0. The molecular formula is C8H8F3N5S. The van der Waals surface area contributed by atoms with Gasteiger partial charge in [0.2, 0.25) is 0 Å². The van der Waals surface area contributed by atoms with Gasteiger partial charge >= 0.3 is 5.51 Å². The number of fused-ring (bicyclic) bond motifs is 1. The average Bonchev–Trinajstić information content (AvgIpc) is 2.61. The number of imidazole rings is 1. The quantitative estimate of drug-likeness (QED) is 0.912. The normalized spacial score (nSPS) is 12.2. The molecular weight excluding hydrogens is 255 g/mol. The van der Waals surface area contributed by atoms with Crippen molar-refractivity contribution in [1.29, 1.82) is 0 Å². The molecule has 0 saturated carbocycles. The van der Waals surface area contributed by atoms with Crippen LogP contribution in [0.4, 0.5) is 19.0 Å². The predicted molar refractivity (Wildman–Crippen MR) is 58.2 cm³/mol. The minimum atomic E-state index is -4.22. The number of nitrogens with two attached hydrogens (primary N) is 1. The number of aryl methyl sites for hydroxylation is 1. The highest BCUT2D eigenvalue weighted by molar-refractivity contribution is 8.00.